The lowest BCUT2D eigenvalue weighted by molar-refractivity contribution is 0.616. The minimum absolute atomic E-state index is 0.488. The average molecular weight is 261 g/mol. The summed E-state index contributed by atoms with van der Waals surface area (Å²) in [4.78, 5) is 4.65. The molecule has 0 aliphatic heterocycles. The van der Waals surface area contributed by atoms with Crippen LogP contribution >= 0.6 is 0 Å². The molecule has 19 heavy (non-hydrogen) atoms. The van der Waals surface area contributed by atoms with Crippen LogP contribution in [0.4, 0.5) is 5.82 Å². The van der Waals surface area contributed by atoms with Crippen molar-refractivity contribution in [2.75, 3.05) is 5.43 Å². The van der Waals surface area contributed by atoms with Crippen LogP contribution in [0.25, 0.3) is 5.65 Å². The molecule has 0 saturated carbocycles. The maximum absolute atomic E-state index is 5.59. The smallest absolute Gasteiger partial charge is 0.157 e. The lowest BCUT2D eigenvalue weighted by atomic mass is 10.00. The normalized spacial score (nSPS) is 11.4. The van der Waals surface area contributed by atoms with E-state index in [1.807, 2.05) is 6.07 Å². The molecule has 0 amide bonds. The lowest BCUT2D eigenvalue weighted by Gasteiger charge is -2.07. The first-order valence-electron chi connectivity index (χ1n) is 7.09. The summed E-state index contributed by atoms with van der Waals surface area (Å²) in [7, 11) is 0. The average Bonchev–Trinajstić information content (AvgIpc) is 2.83. The Morgan fingerprint density at radius 2 is 2.00 bits per heavy atom. The second-order valence-corrected chi connectivity index (χ2v) is 4.88. The molecule has 5 heteroatoms. The Morgan fingerprint density at radius 3 is 2.58 bits per heavy atom. The Hall–Kier alpha value is -1.62. The van der Waals surface area contributed by atoms with Gasteiger partial charge in [-0.2, -0.15) is 9.61 Å². The van der Waals surface area contributed by atoms with Gasteiger partial charge in [-0.05, 0) is 19.3 Å². The third-order valence-corrected chi connectivity index (χ3v) is 3.56. The van der Waals surface area contributed by atoms with Crippen LogP contribution in [0.1, 0.15) is 57.3 Å². The fourth-order valence-electron chi connectivity index (χ4n) is 2.44. The first-order chi connectivity index (χ1) is 9.23. The molecule has 0 aliphatic rings. The van der Waals surface area contributed by atoms with Crippen LogP contribution in [0.3, 0.4) is 0 Å². The van der Waals surface area contributed by atoms with Crippen molar-refractivity contribution in [3.8, 4) is 0 Å². The predicted molar refractivity (Wildman–Crippen MR) is 78.1 cm³/mol. The predicted octanol–water partition coefficient (Wildman–Crippen LogP) is 2.87. The Balaban J connectivity index is 2.50. The summed E-state index contributed by atoms with van der Waals surface area (Å²) >= 11 is 0. The zero-order valence-electron chi connectivity index (χ0n) is 12.0. The van der Waals surface area contributed by atoms with Crippen molar-refractivity contribution in [1.29, 1.82) is 0 Å². The monoisotopic (exact) mass is 261 g/mol. The standard InChI is InChI=1S/C14H23N5/c1-4-7-11-8-14(17-15)19-13(16-11)9-12(18-19)10(5-2)6-3/h8-10,17H,4-7,15H2,1-3H3. The minimum Gasteiger partial charge on any atom is -0.308 e. The van der Waals surface area contributed by atoms with Crippen LogP contribution in [0.15, 0.2) is 12.1 Å². The Morgan fingerprint density at radius 1 is 1.26 bits per heavy atom. The number of hydrogen-bond donors (Lipinski definition) is 2. The number of hydrogen-bond acceptors (Lipinski definition) is 4. The van der Waals surface area contributed by atoms with E-state index in [0.29, 0.717) is 5.92 Å². The molecule has 3 N–H and O–H groups in total. The van der Waals surface area contributed by atoms with Gasteiger partial charge in [0.1, 0.15) is 5.82 Å². The van der Waals surface area contributed by atoms with Gasteiger partial charge in [0.25, 0.3) is 0 Å². The Labute approximate surface area is 114 Å². The minimum atomic E-state index is 0.488. The van der Waals surface area contributed by atoms with Gasteiger partial charge in [-0.25, -0.2) is 10.8 Å². The highest BCUT2D eigenvalue weighted by Gasteiger charge is 2.14. The summed E-state index contributed by atoms with van der Waals surface area (Å²) in [5, 5.41) is 4.64. The number of aromatic nitrogens is 3. The number of hydrazine groups is 1. The third kappa shape index (κ3) is 2.71. The number of anilines is 1. The van der Waals surface area contributed by atoms with Crippen LogP contribution < -0.4 is 11.3 Å². The van der Waals surface area contributed by atoms with E-state index >= 15 is 0 Å². The maximum atomic E-state index is 5.59. The third-order valence-electron chi connectivity index (χ3n) is 3.56. The van der Waals surface area contributed by atoms with E-state index in [2.05, 4.69) is 42.3 Å². The van der Waals surface area contributed by atoms with Crippen LogP contribution in [-0.2, 0) is 6.42 Å². The first kappa shape index (κ1) is 13.8. The van der Waals surface area contributed by atoms with Gasteiger partial charge in [0.05, 0.1) is 5.69 Å². The maximum Gasteiger partial charge on any atom is 0.157 e. The van der Waals surface area contributed by atoms with Gasteiger partial charge >= 0.3 is 0 Å². The van der Waals surface area contributed by atoms with Crippen molar-refractivity contribution in [2.45, 2.75) is 52.4 Å². The van der Waals surface area contributed by atoms with E-state index in [1.54, 1.807) is 4.52 Å². The van der Waals surface area contributed by atoms with Crippen LogP contribution in [-0.4, -0.2) is 14.6 Å². The topological polar surface area (TPSA) is 68.2 Å². The van der Waals surface area contributed by atoms with E-state index in [9.17, 15) is 0 Å². The van der Waals surface area contributed by atoms with Gasteiger partial charge < -0.3 is 5.43 Å². The molecule has 0 atom stereocenters. The van der Waals surface area contributed by atoms with E-state index in [-0.39, 0.29) is 0 Å². The molecule has 0 aromatic carbocycles. The van der Waals surface area contributed by atoms with Crippen molar-refractivity contribution >= 4 is 11.5 Å². The summed E-state index contributed by atoms with van der Waals surface area (Å²) < 4.78 is 1.80. The zero-order chi connectivity index (χ0) is 13.8. The molecule has 5 nitrogen and oxygen atoms in total. The number of nitrogen functional groups attached to an aromatic ring is 1. The van der Waals surface area contributed by atoms with Gasteiger partial charge in [0.2, 0.25) is 0 Å². The Kier molecular flexibility index (Phi) is 4.37. The SMILES string of the molecule is CCCc1cc(NN)n2nc(C(CC)CC)cc2n1. The molecule has 0 aliphatic carbocycles. The molecule has 104 valence electrons. The van der Waals surface area contributed by atoms with Gasteiger partial charge in [-0.3, -0.25) is 0 Å². The highest BCUT2D eigenvalue weighted by Crippen LogP contribution is 2.24. The van der Waals surface area contributed by atoms with Crippen molar-refractivity contribution in [2.24, 2.45) is 5.84 Å². The van der Waals surface area contributed by atoms with E-state index in [4.69, 9.17) is 5.84 Å². The Bertz CT molecular complexity index is 542. The highest BCUT2D eigenvalue weighted by atomic mass is 15.4. The number of nitrogens with zero attached hydrogens (tertiary/aromatic N) is 3. The quantitative estimate of drug-likeness (QED) is 0.619. The zero-order valence-corrected chi connectivity index (χ0v) is 12.0. The number of nitrogens with one attached hydrogen (secondary N) is 1. The van der Waals surface area contributed by atoms with Crippen LogP contribution in [0, 0.1) is 0 Å². The molecule has 2 aromatic rings. The molecular weight excluding hydrogens is 238 g/mol. The second-order valence-electron chi connectivity index (χ2n) is 4.88. The molecule has 0 bridgehead atoms. The van der Waals surface area contributed by atoms with Crippen LogP contribution in [0.2, 0.25) is 0 Å². The van der Waals surface area contributed by atoms with E-state index < -0.39 is 0 Å². The van der Waals surface area contributed by atoms with Gasteiger partial charge in [-0.15, -0.1) is 0 Å². The molecule has 2 heterocycles. The number of nitrogens with two attached hydrogens (primary N) is 1. The fraction of sp³-hybridized carbons (Fsp3) is 0.571. The summed E-state index contributed by atoms with van der Waals surface area (Å²) in [6, 6.07) is 4.05. The summed E-state index contributed by atoms with van der Waals surface area (Å²) in [6.07, 6.45) is 4.21. The van der Waals surface area contributed by atoms with Crippen molar-refractivity contribution < 1.29 is 0 Å². The molecule has 0 fully saturated rings. The van der Waals surface area contributed by atoms with E-state index in [0.717, 1.165) is 48.5 Å². The summed E-state index contributed by atoms with van der Waals surface area (Å²) in [6.45, 7) is 6.53. The lowest BCUT2D eigenvalue weighted by Crippen LogP contribution is -2.13. The first-order valence-corrected chi connectivity index (χ1v) is 7.09. The summed E-state index contributed by atoms with van der Waals surface area (Å²) in [5.74, 6) is 6.88. The molecular formula is C14H23N5. The van der Waals surface area contributed by atoms with Gasteiger partial charge in [-0.1, -0.05) is 27.2 Å². The molecule has 0 radical (unpaired) electrons. The molecule has 2 rings (SSSR count). The molecule has 0 unspecified atom stereocenters. The van der Waals surface area contributed by atoms with Crippen molar-refractivity contribution in [1.82, 2.24) is 14.6 Å². The van der Waals surface area contributed by atoms with Gasteiger partial charge in [0.15, 0.2) is 5.65 Å². The van der Waals surface area contributed by atoms with Gasteiger partial charge in [0, 0.05) is 23.7 Å². The van der Waals surface area contributed by atoms with Crippen molar-refractivity contribution in [3.05, 3.63) is 23.5 Å². The largest absolute Gasteiger partial charge is 0.308 e. The molecule has 2 aromatic heterocycles. The summed E-state index contributed by atoms with van der Waals surface area (Å²) in [5.41, 5.74) is 5.75. The fourth-order valence-corrected chi connectivity index (χ4v) is 2.44. The molecule has 0 saturated heterocycles. The number of fused-ring (bicyclic) bond motifs is 1. The number of aryl methyl sites for hydroxylation is 1. The highest BCUT2D eigenvalue weighted by molar-refractivity contribution is 5.50. The molecule has 0 spiro atoms. The van der Waals surface area contributed by atoms with E-state index in [1.165, 1.54) is 0 Å². The number of rotatable bonds is 6. The van der Waals surface area contributed by atoms with Crippen LogP contribution in [0.5, 0.6) is 0 Å². The van der Waals surface area contributed by atoms with Crippen molar-refractivity contribution in [3.63, 3.8) is 0 Å². The second kappa shape index (κ2) is 6.02.